The maximum absolute atomic E-state index is 11.9. The molecule has 0 amide bonds. The standard InChI is InChI=1S/C16H16N4O2/c1-19(11-13-5-3-2-4-6-13)12-20-16(21)22-15(18-20)14-7-9-17-10-8-14/h2-10H,11-12H2,1H3. The third-order valence-electron chi connectivity index (χ3n) is 3.20. The summed E-state index contributed by atoms with van der Waals surface area (Å²) < 4.78 is 6.51. The summed E-state index contributed by atoms with van der Waals surface area (Å²) in [7, 11) is 1.93. The first kappa shape index (κ1) is 14.2. The van der Waals surface area contributed by atoms with Crippen LogP contribution in [0.15, 0.2) is 64.1 Å². The Morgan fingerprint density at radius 2 is 1.86 bits per heavy atom. The quantitative estimate of drug-likeness (QED) is 0.720. The molecule has 2 aromatic heterocycles. The van der Waals surface area contributed by atoms with Crippen molar-refractivity contribution in [3.63, 3.8) is 0 Å². The summed E-state index contributed by atoms with van der Waals surface area (Å²) in [6, 6.07) is 13.6. The normalized spacial score (nSPS) is 11.0. The highest BCUT2D eigenvalue weighted by Gasteiger charge is 2.11. The molecule has 0 aliphatic heterocycles. The highest BCUT2D eigenvalue weighted by Crippen LogP contribution is 2.13. The number of rotatable bonds is 5. The fourth-order valence-corrected chi connectivity index (χ4v) is 2.18. The van der Waals surface area contributed by atoms with Crippen LogP contribution >= 0.6 is 0 Å². The van der Waals surface area contributed by atoms with E-state index < -0.39 is 5.76 Å². The second kappa shape index (κ2) is 6.36. The van der Waals surface area contributed by atoms with Crippen LogP contribution in [0.4, 0.5) is 0 Å². The number of aromatic nitrogens is 3. The molecule has 0 atom stereocenters. The van der Waals surface area contributed by atoms with Gasteiger partial charge in [-0.3, -0.25) is 9.88 Å². The van der Waals surface area contributed by atoms with Crippen molar-refractivity contribution in [2.24, 2.45) is 0 Å². The molecule has 0 bridgehead atoms. The Morgan fingerprint density at radius 3 is 2.59 bits per heavy atom. The number of nitrogens with zero attached hydrogens (tertiary/aromatic N) is 4. The van der Waals surface area contributed by atoms with Crippen LogP contribution in [0.3, 0.4) is 0 Å². The molecule has 3 rings (SSSR count). The van der Waals surface area contributed by atoms with Gasteiger partial charge in [0.2, 0.25) is 5.89 Å². The number of pyridine rings is 1. The Hall–Kier alpha value is -2.73. The summed E-state index contributed by atoms with van der Waals surface area (Å²) in [5, 5.41) is 4.23. The third kappa shape index (κ3) is 3.29. The zero-order valence-corrected chi connectivity index (χ0v) is 12.2. The lowest BCUT2D eigenvalue weighted by Crippen LogP contribution is -2.28. The lowest BCUT2D eigenvalue weighted by atomic mass is 10.2. The first-order valence-corrected chi connectivity index (χ1v) is 6.93. The largest absolute Gasteiger partial charge is 0.438 e. The van der Waals surface area contributed by atoms with Crippen molar-refractivity contribution >= 4 is 0 Å². The zero-order chi connectivity index (χ0) is 15.4. The molecule has 0 unspecified atom stereocenters. The SMILES string of the molecule is CN(Cc1ccccc1)Cn1nc(-c2ccncc2)oc1=O. The monoisotopic (exact) mass is 296 g/mol. The van der Waals surface area contributed by atoms with Gasteiger partial charge in [-0.15, -0.1) is 5.10 Å². The topological polar surface area (TPSA) is 64.2 Å². The Kier molecular flexibility index (Phi) is 4.11. The molecular weight excluding hydrogens is 280 g/mol. The summed E-state index contributed by atoms with van der Waals surface area (Å²) >= 11 is 0. The molecule has 2 heterocycles. The van der Waals surface area contributed by atoms with Gasteiger partial charge in [0.25, 0.3) is 0 Å². The van der Waals surface area contributed by atoms with Crippen LogP contribution < -0.4 is 5.76 Å². The van der Waals surface area contributed by atoms with Crippen LogP contribution in [-0.2, 0) is 13.2 Å². The zero-order valence-electron chi connectivity index (χ0n) is 12.2. The lowest BCUT2D eigenvalue weighted by Gasteiger charge is -2.15. The van der Waals surface area contributed by atoms with Crippen molar-refractivity contribution in [3.8, 4) is 11.5 Å². The fourth-order valence-electron chi connectivity index (χ4n) is 2.18. The van der Waals surface area contributed by atoms with Crippen LogP contribution in [0, 0.1) is 0 Å². The van der Waals surface area contributed by atoms with E-state index in [1.54, 1.807) is 24.5 Å². The van der Waals surface area contributed by atoms with Crippen LogP contribution in [0.5, 0.6) is 0 Å². The van der Waals surface area contributed by atoms with E-state index in [-0.39, 0.29) is 0 Å². The predicted molar refractivity (Wildman–Crippen MR) is 81.9 cm³/mol. The Balaban J connectivity index is 1.73. The van der Waals surface area contributed by atoms with E-state index in [9.17, 15) is 4.79 Å². The number of hydrogen-bond donors (Lipinski definition) is 0. The fraction of sp³-hybridized carbons (Fsp3) is 0.188. The van der Waals surface area contributed by atoms with Gasteiger partial charge in [0.15, 0.2) is 0 Å². The Morgan fingerprint density at radius 1 is 1.14 bits per heavy atom. The summed E-state index contributed by atoms with van der Waals surface area (Å²) in [5.41, 5.74) is 1.91. The second-order valence-corrected chi connectivity index (χ2v) is 5.05. The van der Waals surface area contributed by atoms with Crippen molar-refractivity contribution in [2.45, 2.75) is 13.2 Å². The van der Waals surface area contributed by atoms with Crippen molar-refractivity contribution < 1.29 is 4.42 Å². The first-order chi connectivity index (χ1) is 10.7. The van der Waals surface area contributed by atoms with Crippen LogP contribution in [0.1, 0.15) is 5.56 Å². The van der Waals surface area contributed by atoms with Gasteiger partial charge in [-0.25, -0.2) is 4.79 Å². The minimum Gasteiger partial charge on any atom is -0.388 e. The highest BCUT2D eigenvalue weighted by molar-refractivity contribution is 5.50. The van der Waals surface area contributed by atoms with Gasteiger partial charge < -0.3 is 4.42 Å². The van der Waals surface area contributed by atoms with Gasteiger partial charge in [-0.1, -0.05) is 30.3 Å². The molecule has 0 aliphatic rings. The minimum absolute atomic E-state index is 0.306. The van der Waals surface area contributed by atoms with Gasteiger partial charge in [0.05, 0.1) is 0 Å². The highest BCUT2D eigenvalue weighted by atomic mass is 16.4. The van der Waals surface area contributed by atoms with Crippen LogP contribution in [0.2, 0.25) is 0 Å². The predicted octanol–water partition coefficient (Wildman–Crippen LogP) is 1.99. The molecule has 0 spiro atoms. The van der Waals surface area contributed by atoms with E-state index in [4.69, 9.17) is 4.42 Å². The van der Waals surface area contributed by atoms with Gasteiger partial charge in [0, 0.05) is 24.5 Å². The van der Waals surface area contributed by atoms with Crippen LogP contribution in [-0.4, -0.2) is 26.7 Å². The van der Waals surface area contributed by atoms with Gasteiger partial charge >= 0.3 is 5.76 Å². The molecular formula is C16H16N4O2. The van der Waals surface area contributed by atoms with Crippen molar-refractivity contribution in [2.75, 3.05) is 7.05 Å². The van der Waals surface area contributed by atoms with Gasteiger partial charge in [-0.05, 0) is 24.7 Å². The number of hydrogen-bond acceptors (Lipinski definition) is 5. The molecule has 1 aromatic carbocycles. The average molecular weight is 296 g/mol. The molecule has 0 aliphatic carbocycles. The van der Waals surface area contributed by atoms with E-state index in [0.29, 0.717) is 12.6 Å². The molecule has 6 heteroatoms. The lowest BCUT2D eigenvalue weighted by molar-refractivity contribution is 0.237. The van der Waals surface area contributed by atoms with E-state index in [2.05, 4.69) is 10.1 Å². The maximum atomic E-state index is 11.9. The summed E-state index contributed by atoms with van der Waals surface area (Å²) in [6.07, 6.45) is 3.27. The Bertz CT molecular complexity index is 781. The van der Waals surface area contributed by atoms with Gasteiger partial charge in [0.1, 0.15) is 6.67 Å². The van der Waals surface area contributed by atoms with Crippen molar-refractivity contribution in [1.29, 1.82) is 0 Å². The summed E-state index contributed by atoms with van der Waals surface area (Å²) in [6.45, 7) is 1.09. The molecule has 0 fully saturated rings. The minimum atomic E-state index is -0.466. The smallest absolute Gasteiger partial charge is 0.388 e. The van der Waals surface area contributed by atoms with Crippen LogP contribution in [0.25, 0.3) is 11.5 Å². The van der Waals surface area contributed by atoms with E-state index in [1.807, 2.05) is 42.3 Å². The first-order valence-electron chi connectivity index (χ1n) is 6.93. The molecule has 0 saturated carbocycles. The average Bonchev–Trinajstić information content (AvgIpc) is 2.90. The van der Waals surface area contributed by atoms with Crippen molar-refractivity contribution in [1.82, 2.24) is 19.7 Å². The molecule has 112 valence electrons. The molecule has 0 N–H and O–H groups in total. The molecule has 6 nitrogen and oxygen atoms in total. The Labute approximate surface area is 127 Å². The maximum Gasteiger partial charge on any atom is 0.438 e. The van der Waals surface area contributed by atoms with E-state index in [0.717, 1.165) is 12.1 Å². The molecule has 3 aromatic rings. The molecule has 22 heavy (non-hydrogen) atoms. The molecule has 0 saturated heterocycles. The number of benzene rings is 1. The molecule has 0 radical (unpaired) electrons. The van der Waals surface area contributed by atoms with E-state index in [1.165, 1.54) is 10.2 Å². The van der Waals surface area contributed by atoms with Gasteiger partial charge in [-0.2, -0.15) is 4.68 Å². The summed E-state index contributed by atoms with van der Waals surface area (Å²) in [4.78, 5) is 17.8. The van der Waals surface area contributed by atoms with E-state index >= 15 is 0 Å². The third-order valence-corrected chi connectivity index (χ3v) is 3.20. The summed E-state index contributed by atoms with van der Waals surface area (Å²) in [5.74, 6) is -0.160. The second-order valence-electron chi connectivity index (χ2n) is 5.05. The van der Waals surface area contributed by atoms with Crippen molar-refractivity contribution in [3.05, 3.63) is 71.0 Å².